The van der Waals surface area contributed by atoms with E-state index in [1.807, 2.05) is 0 Å². The van der Waals surface area contributed by atoms with Crippen molar-refractivity contribution in [2.45, 2.75) is 0 Å². The molecule has 0 unspecified atom stereocenters. The fraction of sp³-hybridized carbons (Fsp3) is 0. The molecule has 7 heteroatoms. The Balaban J connectivity index is 2.13. The third kappa shape index (κ3) is 2.32. The Hall–Kier alpha value is -1.89. The van der Waals surface area contributed by atoms with E-state index < -0.39 is 11.9 Å². The Morgan fingerprint density at radius 1 is 1.47 bits per heavy atom. The number of carbonyl (C=O) groups excluding carboxylic acids is 1. The Labute approximate surface area is 88.1 Å². The SMILES string of the molecule is O=C(Nc1cccc(F)n1)c1cnns1. The largest absolute Gasteiger partial charge is 0.306 e. The van der Waals surface area contributed by atoms with Gasteiger partial charge in [-0.1, -0.05) is 10.6 Å². The van der Waals surface area contributed by atoms with Gasteiger partial charge in [-0.25, -0.2) is 4.98 Å². The minimum Gasteiger partial charge on any atom is -0.306 e. The van der Waals surface area contributed by atoms with Crippen LogP contribution in [0.4, 0.5) is 10.2 Å². The van der Waals surface area contributed by atoms with Crippen LogP contribution in [0.2, 0.25) is 0 Å². The van der Waals surface area contributed by atoms with Crippen molar-refractivity contribution in [1.29, 1.82) is 0 Å². The average Bonchev–Trinajstić information content (AvgIpc) is 2.70. The van der Waals surface area contributed by atoms with Crippen molar-refractivity contribution >= 4 is 23.3 Å². The maximum atomic E-state index is 12.7. The number of hydrogen-bond acceptors (Lipinski definition) is 5. The molecule has 5 nitrogen and oxygen atoms in total. The van der Waals surface area contributed by atoms with Gasteiger partial charge in [0.05, 0.1) is 6.20 Å². The van der Waals surface area contributed by atoms with Gasteiger partial charge in [0.2, 0.25) is 5.95 Å². The number of amides is 1. The fourth-order valence-corrected chi connectivity index (χ4v) is 1.33. The topological polar surface area (TPSA) is 67.8 Å². The summed E-state index contributed by atoms with van der Waals surface area (Å²) in [6, 6.07) is 4.15. The van der Waals surface area contributed by atoms with Crippen molar-refractivity contribution < 1.29 is 9.18 Å². The lowest BCUT2D eigenvalue weighted by Crippen LogP contribution is -2.11. The normalized spacial score (nSPS) is 9.93. The van der Waals surface area contributed by atoms with E-state index in [-0.39, 0.29) is 5.82 Å². The highest BCUT2D eigenvalue weighted by molar-refractivity contribution is 7.07. The van der Waals surface area contributed by atoms with Gasteiger partial charge < -0.3 is 5.32 Å². The molecule has 0 aliphatic heterocycles. The van der Waals surface area contributed by atoms with Crippen LogP contribution in [-0.2, 0) is 0 Å². The molecule has 1 amide bonds. The summed E-state index contributed by atoms with van der Waals surface area (Å²) in [6.45, 7) is 0. The standard InChI is InChI=1S/C8H5FN4OS/c9-6-2-1-3-7(11-6)12-8(14)5-4-10-13-15-5/h1-4H,(H,11,12,14). The molecule has 76 valence electrons. The molecule has 0 fully saturated rings. The van der Waals surface area contributed by atoms with Gasteiger partial charge in [0, 0.05) is 0 Å². The number of nitrogens with zero attached hydrogens (tertiary/aromatic N) is 3. The highest BCUT2D eigenvalue weighted by Gasteiger charge is 2.09. The quantitative estimate of drug-likeness (QED) is 0.781. The zero-order chi connectivity index (χ0) is 10.7. The molecule has 0 aliphatic carbocycles. The second-order valence-electron chi connectivity index (χ2n) is 2.58. The molecule has 0 radical (unpaired) electrons. The van der Waals surface area contributed by atoms with Crippen molar-refractivity contribution in [3.05, 3.63) is 35.2 Å². The van der Waals surface area contributed by atoms with E-state index in [9.17, 15) is 9.18 Å². The molecule has 2 aromatic heterocycles. The Bertz CT molecular complexity index is 473. The first-order chi connectivity index (χ1) is 7.25. The molecule has 2 rings (SSSR count). The Kier molecular flexibility index (Phi) is 2.64. The zero-order valence-corrected chi connectivity index (χ0v) is 8.16. The van der Waals surface area contributed by atoms with Gasteiger partial charge >= 0.3 is 0 Å². The fourth-order valence-electron chi connectivity index (χ4n) is 0.923. The lowest BCUT2D eigenvalue weighted by molar-refractivity contribution is 0.103. The number of carbonyl (C=O) groups is 1. The molecular formula is C8H5FN4OS. The van der Waals surface area contributed by atoms with Gasteiger partial charge in [0.15, 0.2) is 0 Å². The number of aromatic nitrogens is 3. The predicted octanol–water partition coefficient (Wildman–Crippen LogP) is 1.32. The van der Waals surface area contributed by atoms with E-state index in [1.54, 1.807) is 0 Å². The van der Waals surface area contributed by atoms with Crippen LogP contribution in [0, 0.1) is 5.95 Å². The summed E-state index contributed by atoms with van der Waals surface area (Å²) in [4.78, 5) is 15.3. The zero-order valence-electron chi connectivity index (χ0n) is 7.35. The number of rotatable bonds is 2. The molecule has 0 spiro atoms. The van der Waals surface area contributed by atoms with Gasteiger partial charge in [0.25, 0.3) is 5.91 Å². The first kappa shape index (κ1) is 9.66. The summed E-state index contributed by atoms with van der Waals surface area (Å²) in [5, 5.41) is 5.94. The molecule has 0 saturated heterocycles. The summed E-state index contributed by atoms with van der Waals surface area (Å²) in [5.74, 6) is -0.883. The summed E-state index contributed by atoms with van der Waals surface area (Å²) >= 11 is 0.960. The highest BCUT2D eigenvalue weighted by Crippen LogP contribution is 2.08. The molecule has 0 bridgehead atoms. The number of nitrogens with one attached hydrogen (secondary N) is 1. The molecule has 0 atom stereocenters. The van der Waals surface area contributed by atoms with E-state index >= 15 is 0 Å². The number of halogens is 1. The Morgan fingerprint density at radius 2 is 2.33 bits per heavy atom. The maximum Gasteiger partial charge on any atom is 0.270 e. The van der Waals surface area contributed by atoms with E-state index in [0.29, 0.717) is 4.88 Å². The Morgan fingerprint density at radius 3 is 3.00 bits per heavy atom. The molecule has 0 saturated carbocycles. The molecular weight excluding hydrogens is 219 g/mol. The minimum atomic E-state index is -0.643. The molecule has 0 aliphatic rings. The van der Waals surface area contributed by atoms with E-state index in [4.69, 9.17) is 0 Å². The predicted molar refractivity (Wildman–Crippen MR) is 52.1 cm³/mol. The smallest absolute Gasteiger partial charge is 0.270 e. The summed E-state index contributed by atoms with van der Waals surface area (Å²) in [6.07, 6.45) is 1.33. The maximum absolute atomic E-state index is 12.7. The molecule has 0 aromatic carbocycles. The van der Waals surface area contributed by atoms with Crippen molar-refractivity contribution in [3.8, 4) is 0 Å². The van der Waals surface area contributed by atoms with E-state index in [1.165, 1.54) is 24.4 Å². The molecule has 2 aromatic rings. The summed E-state index contributed by atoms with van der Waals surface area (Å²) in [5.41, 5.74) is 0. The van der Waals surface area contributed by atoms with Gasteiger partial charge in [-0.2, -0.15) is 4.39 Å². The van der Waals surface area contributed by atoms with Crippen LogP contribution < -0.4 is 5.32 Å². The average molecular weight is 224 g/mol. The lowest BCUT2D eigenvalue weighted by Gasteiger charge is -2.00. The molecule has 2 heterocycles. The van der Waals surface area contributed by atoms with E-state index in [2.05, 4.69) is 19.9 Å². The van der Waals surface area contributed by atoms with Gasteiger partial charge in [-0.3, -0.25) is 4.79 Å². The molecule has 1 N–H and O–H groups in total. The summed E-state index contributed by atoms with van der Waals surface area (Å²) < 4.78 is 16.2. The van der Waals surface area contributed by atoms with Gasteiger partial charge in [-0.05, 0) is 23.7 Å². The van der Waals surface area contributed by atoms with Crippen LogP contribution in [0.3, 0.4) is 0 Å². The third-order valence-corrected chi connectivity index (χ3v) is 2.21. The van der Waals surface area contributed by atoms with Crippen molar-refractivity contribution in [2.75, 3.05) is 5.32 Å². The van der Waals surface area contributed by atoms with Crippen LogP contribution >= 0.6 is 11.5 Å². The van der Waals surface area contributed by atoms with Gasteiger partial charge in [0.1, 0.15) is 10.7 Å². The summed E-state index contributed by atoms with van der Waals surface area (Å²) in [7, 11) is 0. The number of pyridine rings is 1. The van der Waals surface area contributed by atoms with E-state index in [0.717, 1.165) is 11.5 Å². The van der Waals surface area contributed by atoms with Crippen molar-refractivity contribution in [2.24, 2.45) is 0 Å². The third-order valence-electron chi connectivity index (χ3n) is 1.54. The van der Waals surface area contributed by atoms with Gasteiger partial charge in [-0.15, -0.1) is 5.10 Å². The highest BCUT2D eigenvalue weighted by atomic mass is 32.1. The first-order valence-corrected chi connectivity index (χ1v) is 4.74. The van der Waals surface area contributed by atoms with Crippen LogP contribution in [0.1, 0.15) is 9.67 Å². The second kappa shape index (κ2) is 4.09. The lowest BCUT2D eigenvalue weighted by atomic mass is 10.4. The van der Waals surface area contributed by atoms with Crippen LogP contribution in [0.25, 0.3) is 0 Å². The van der Waals surface area contributed by atoms with Crippen LogP contribution in [-0.4, -0.2) is 20.5 Å². The number of hydrogen-bond donors (Lipinski definition) is 1. The number of anilines is 1. The molecule has 15 heavy (non-hydrogen) atoms. The van der Waals surface area contributed by atoms with Crippen molar-refractivity contribution in [3.63, 3.8) is 0 Å². The monoisotopic (exact) mass is 224 g/mol. The first-order valence-electron chi connectivity index (χ1n) is 3.97. The van der Waals surface area contributed by atoms with Crippen LogP contribution in [0.15, 0.2) is 24.4 Å². The minimum absolute atomic E-state index is 0.161. The second-order valence-corrected chi connectivity index (χ2v) is 3.37. The van der Waals surface area contributed by atoms with Crippen LogP contribution in [0.5, 0.6) is 0 Å². The van der Waals surface area contributed by atoms with Crippen molar-refractivity contribution in [1.82, 2.24) is 14.6 Å².